The maximum atomic E-state index is 12.7. The minimum atomic E-state index is -0.474. The van der Waals surface area contributed by atoms with Crippen molar-refractivity contribution in [2.75, 3.05) is 5.32 Å². The fourth-order valence-corrected chi connectivity index (χ4v) is 4.09. The molecule has 2 N–H and O–H groups in total. The number of anilines is 1. The van der Waals surface area contributed by atoms with E-state index in [2.05, 4.69) is 29.7 Å². The zero-order valence-corrected chi connectivity index (χ0v) is 15.1. The molecule has 0 spiro atoms. The molecule has 2 atom stereocenters. The number of thiocarbonyl (C=S) groups is 1. The van der Waals surface area contributed by atoms with E-state index >= 15 is 0 Å². The number of non-ortho nitro benzene ring substituents is 1. The molecule has 2 aliphatic carbocycles. The third-order valence-corrected chi connectivity index (χ3v) is 6.08. The number of fused-ring (bicyclic) bond motifs is 2. The molecule has 0 radical (unpaired) electrons. The molecule has 2 aliphatic rings. The normalized spacial score (nSPS) is 28.2. The van der Waals surface area contributed by atoms with Crippen LogP contribution in [0.3, 0.4) is 0 Å². The molecule has 2 bridgehead atoms. The van der Waals surface area contributed by atoms with Crippen LogP contribution in [0.25, 0.3) is 0 Å². The van der Waals surface area contributed by atoms with E-state index in [4.69, 9.17) is 12.2 Å². The van der Waals surface area contributed by atoms with Crippen molar-refractivity contribution in [1.82, 2.24) is 5.43 Å². The number of hydrogen-bond donors (Lipinski definition) is 2. The summed E-state index contributed by atoms with van der Waals surface area (Å²) in [6, 6.07) is 6.02. The molecule has 0 aromatic heterocycles. The first-order valence-electron chi connectivity index (χ1n) is 8.10. The zero-order chi connectivity index (χ0) is 18.4. The minimum absolute atomic E-state index is 0.0305. The highest BCUT2D eigenvalue weighted by atomic mass is 32.1. The summed E-state index contributed by atoms with van der Waals surface area (Å²) < 4.78 is 0. The molecule has 132 valence electrons. The Balaban J connectivity index is 1.71. The molecule has 8 heteroatoms. The minimum Gasteiger partial charge on any atom is -0.331 e. The second-order valence-electron chi connectivity index (χ2n) is 7.34. The number of ketones is 1. The first kappa shape index (κ1) is 17.5. The van der Waals surface area contributed by atoms with Crippen molar-refractivity contribution >= 4 is 40.2 Å². The molecule has 2 fully saturated rings. The lowest BCUT2D eigenvalue weighted by Crippen LogP contribution is -2.34. The van der Waals surface area contributed by atoms with E-state index in [1.807, 2.05) is 6.92 Å². The third-order valence-electron chi connectivity index (χ3n) is 5.88. The van der Waals surface area contributed by atoms with Gasteiger partial charge in [0.1, 0.15) is 5.71 Å². The van der Waals surface area contributed by atoms with E-state index in [1.54, 1.807) is 12.1 Å². The van der Waals surface area contributed by atoms with Crippen molar-refractivity contribution in [2.45, 2.75) is 33.6 Å². The van der Waals surface area contributed by atoms with E-state index in [0.29, 0.717) is 11.4 Å². The number of carbonyl (C=O) groups excluding carboxylic acids is 1. The number of benzene rings is 1. The van der Waals surface area contributed by atoms with Crippen LogP contribution in [0, 0.1) is 26.9 Å². The summed E-state index contributed by atoms with van der Waals surface area (Å²) in [6.45, 7) is 6.24. The Kier molecular flexibility index (Phi) is 4.10. The first-order chi connectivity index (χ1) is 11.7. The molecule has 1 aromatic carbocycles. The van der Waals surface area contributed by atoms with Gasteiger partial charge in [0.25, 0.3) is 5.69 Å². The Morgan fingerprint density at radius 3 is 2.72 bits per heavy atom. The topological polar surface area (TPSA) is 96.6 Å². The molecule has 1 aromatic rings. The number of carbonyl (C=O) groups is 1. The molecule has 7 nitrogen and oxygen atoms in total. The fourth-order valence-electron chi connectivity index (χ4n) is 3.92. The van der Waals surface area contributed by atoms with E-state index in [0.717, 1.165) is 12.8 Å². The maximum absolute atomic E-state index is 12.7. The first-order valence-corrected chi connectivity index (χ1v) is 8.51. The molecule has 0 aliphatic heterocycles. The predicted molar refractivity (Wildman–Crippen MR) is 99.5 cm³/mol. The zero-order valence-electron chi connectivity index (χ0n) is 14.3. The second-order valence-corrected chi connectivity index (χ2v) is 7.75. The van der Waals surface area contributed by atoms with Crippen molar-refractivity contribution < 1.29 is 9.72 Å². The highest BCUT2D eigenvalue weighted by Gasteiger charge is 2.65. The molecule has 2 unspecified atom stereocenters. The van der Waals surface area contributed by atoms with Gasteiger partial charge in [-0.25, -0.2) is 0 Å². The summed E-state index contributed by atoms with van der Waals surface area (Å²) in [7, 11) is 0. The summed E-state index contributed by atoms with van der Waals surface area (Å²) in [5, 5.41) is 18.1. The number of rotatable bonds is 3. The van der Waals surface area contributed by atoms with Crippen molar-refractivity contribution in [3.8, 4) is 0 Å². The molecule has 2 saturated carbocycles. The third kappa shape index (κ3) is 2.70. The molecule has 3 rings (SSSR count). The summed E-state index contributed by atoms with van der Waals surface area (Å²) in [6.07, 6.45) is 1.83. The largest absolute Gasteiger partial charge is 0.331 e. The van der Waals surface area contributed by atoms with Crippen LogP contribution in [-0.2, 0) is 4.79 Å². The van der Waals surface area contributed by atoms with Crippen LogP contribution in [0.1, 0.15) is 33.6 Å². The van der Waals surface area contributed by atoms with Gasteiger partial charge in [-0.1, -0.05) is 26.8 Å². The van der Waals surface area contributed by atoms with Gasteiger partial charge in [0, 0.05) is 29.2 Å². The van der Waals surface area contributed by atoms with E-state index in [1.165, 1.54) is 12.1 Å². The average Bonchev–Trinajstić information content (AvgIpc) is 2.86. The van der Waals surface area contributed by atoms with Gasteiger partial charge in [-0.3, -0.25) is 20.3 Å². The van der Waals surface area contributed by atoms with Crippen molar-refractivity contribution in [1.29, 1.82) is 0 Å². The molecule has 25 heavy (non-hydrogen) atoms. The van der Waals surface area contributed by atoms with Gasteiger partial charge in [0.15, 0.2) is 10.9 Å². The van der Waals surface area contributed by atoms with Crippen LogP contribution in [0.5, 0.6) is 0 Å². The molecule has 0 heterocycles. The highest BCUT2D eigenvalue weighted by Crippen LogP contribution is 2.62. The Labute approximate surface area is 151 Å². The maximum Gasteiger partial charge on any atom is 0.271 e. The Hall–Kier alpha value is -2.35. The van der Waals surface area contributed by atoms with Gasteiger partial charge < -0.3 is 5.32 Å². The lowest BCUT2D eigenvalue weighted by atomic mass is 9.70. The fraction of sp³-hybridized carbons (Fsp3) is 0.471. The standard InChI is InChI=1S/C17H20N4O3S/c1-16(2)12-7-8-17(16,3)14(22)13(12)19-20-15(25)18-10-5-4-6-11(9-10)21(23)24/h4-6,9,12H,7-8H2,1-3H3,(H2,18,20,25)/b19-13+. The average molecular weight is 360 g/mol. The Bertz CT molecular complexity index is 805. The van der Waals surface area contributed by atoms with E-state index in [9.17, 15) is 14.9 Å². The van der Waals surface area contributed by atoms with Crippen LogP contribution in [0.4, 0.5) is 11.4 Å². The van der Waals surface area contributed by atoms with Gasteiger partial charge in [-0.05, 0) is 36.5 Å². The number of nitrogens with zero attached hydrogens (tertiary/aromatic N) is 2. The monoisotopic (exact) mass is 360 g/mol. The van der Waals surface area contributed by atoms with Gasteiger partial charge in [-0.2, -0.15) is 5.10 Å². The lowest BCUT2D eigenvalue weighted by molar-refractivity contribution is -0.384. The van der Waals surface area contributed by atoms with Crippen LogP contribution in [0.15, 0.2) is 29.4 Å². The molecular weight excluding hydrogens is 340 g/mol. The summed E-state index contributed by atoms with van der Waals surface area (Å²) >= 11 is 5.18. The number of nitrogens with one attached hydrogen (secondary N) is 2. The van der Waals surface area contributed by atoms with Crippen LogP contribution in [0.2, 0.25) is 0 Å². The van der Waals surface area contributed by atoms with Gasteiger partial charge in [0.05, 0.1) is 4.92 Å². The second kappa shape index (κ2) is 5.87. The summed E-state index contributed by atoms with van der Waals surface area (Å²) in [5.74, 6) is 0.206. The quantitative estimate of drug-likeness (QED) is 0.488. The van der Waals surface area contributed by atoms with Crippen LogP contribution >= 0.6 is 12.2 Å². The SMILES string of the molecule is CC12CCC(/C(=N\NC(=S)Nc3cccc([N+](=O)[O-])c3)C1=O)C2(C)C. The van der Waals surface area contributed by atoms with Crippen molar-refractivity contribution in [3.63, 3.8) is 0 Å². The number of nitro benzene ring substituents is 1. The van der Waals surface area contributed by atoms with Gasteiger partial charge in [-0.15, -0.1) is 0 Å². The number of nitro groups is 1. The van der Waals surface area contributed by atoms with E-state index in [-0.39, 0.29) is 33.3 Å². The Morgan fingerprint density at radius 2 is 2.12 bits per heavy atom. The van der Waals surface area contributed by atoms with Crippen molar-refractivity contribution in [2.24, 2.45) is 21.8 Å². The molecule has 0 amide bonds. The Morgan fingerprint density at radius 1 is 1.40 bits per heavy atom. The predicted octanol–water partition coefficient (Wildman–Crippen LogP) is 3.26. The smallest absolute Gasteiger partial charge is 0.271 e. The highest BCUT2D eigenvalue weighted by molar-refractivity contribution is 7.80. The van der Waals surface area contributed by atoms with E-state index < -0.39 is 4.92 Å². The number of Topliss-reactive ketones (excluding diaryl/α,β-unsaturated/α-hetero) is 1. The van der Waals surface area contributed by atoms with Crippen LogP contribution in [-0.4, -0.2) is 21.5 Å². The number of hydrogen-bond acceptors (Lipinski definition) is 5. The van der Waals surface area contributed by atoms with Gasteiger partial charge >= 0.3 is 0 Å². The molecular formula is C17H20N4O3S. The summed E-state index contributed by atoms with van der Waals surface area (Å²) in [4.78, 5) is 23.0. The number of hydrazone groups is 1. The molecule has 0 saturated heterocycles. The summed E-state index contributed by atoms with van der Waals surface area (Å²) in [5.41, 5.74) is 3.23. The lowest BCUT2D eigenvalue weighted by Gasteiger charge is -2.31. The van der Waals surface area contributed by atoms with Crippen molar-refractivity contribution in [3.05, 3.63) is 34.4 Å². The van der Waals surface area contributed by atoms with Gasteiger partial charge in [0.2, 0.25) is 0 Å². The van der Waals surface area contributed by atoms with Crippen LogP contribution < -0.4 is 10.7 Å².